The SMILES string of the molecule is O=C(NCCN(Cc1cccc(F)c1)Cc1nccn1Cc1cc(Cl)cc(Cl)c1)c1ccccc1. The van der Waals surface area contributed by atoms with Gasteiger partial charge in [-0.1, -0.05) is 53.5 Å². The highest BCUT2D eigenvalue weighted by Gasteiger charge is 2.13. The van der Waals surface area contributed by atoms with Gasteiger partial charge in [0.15, 0.2) is 0 Å². The maximum Gasteiger partial charge on any atom is 0.251 e. The van der Waals surface area contributed by atoms with Crippen LogP contribution in [-0.2, 0) is 19.6 Å². The molecule has 0 atom stereocenters. The summed E-state index contributed by atoms with van der Waals surface area (Å²) in [6.45, 7) is 2.58. The lowest BCUT2D eigenvalue weighted by Gasteiger charge is -2.23. The third kappa shape index (κ3) is 7.39. The number of aromatic nitrogens is 2. The number of imidazole rings is 1. The average molecular weight is 511 g/mol. The minimum absolute atomic E-state index is 0.129. The predicted molar refractivity (Wildman–Crippen MR) is 137 cm³/mol. The Morgan fingerprint density at radius 3 is 2.46 bits per heavy atom. The van der Waals surface area contributed by atoms with Crippen LogP contribution in [0.4, 0.5) is 4.39 Å². The largest absolute Gasteiger partial charge is 0.351 e. The molecule has 0 aliphatic carbocycles. The maximum absolute atomic E-state index is 13.8. The molecule has 0 saturated carbocycles. The summed E-state index contributed by atoms with van der Waals surface area (Å²) in [5.41, 5.74) is 2.42. The first-order valence-corrected chi connectivity index (χ1v) is 12.0. The number of hydrogen-bond acceptors (Lipinski definition) is 3. The zero-order valence-electron chi connectivity index (χ0n) is 19.0. The highest BCUT2D eigenvalue weighted by atomic mass is 35.5. The zero-order chi connectivity index (χ0) is 24.6. The van der Waals surface area contributed by atoms with E-state index >= 15 is 0 Å². The van der Waals surface area contributed by atoms with Gasteiger partial charge < -0.3 is 9.88 Å². The number of carbonyl (C=O) groups excluding carboxylic acids is 1. The summed E-state index contributed by atoms with van der Waals surface area (Å²) >= 11 is 12.3. The number of amides is 1. The van der Waals surface area contributed by atoms with Crippen LogP contribution in [0.15, 0.2) is 85.2 Å². The first-order valence-electron chi connectivity index (χ1n) is 11.2. The van der Waals surface area contributed by atoms with Gasteiger partial charge in [0, 0.05) is 54.2 Å². The van der Waals surface area contributed by atoms with E-state index in [1.165, 1.54) is 12.1 Å². The van der Waals surface area contributed by atoms with Gasteiger partial charge in [0.25, 0.3) is 5.91 Å². The molecule has 1 aromatic heterocycles. The van der Waals surface area contributed by atoms with Crippen molar-refractivity contribution in [1.29, 1.82) is 0 Å². The molecule has 0 aliphatic rings. The van der Waals surface area contributed by atoms with Crippen molar-refractivity contribution in [2.75, 3.05) is 13.1 Å². The van der Waals surface area contributed by atoms with Crippen molar-refractivity contribution in [3.63, 3.8) is 0 Å². The molecule has 4 aromatic rings. The molecule has 0 aliphatic heterocycles. The molecule has 1 amide bonds. The standard InChI is InChI=1S/C27H25Cl2FN4O/c28-23-13-21(14-24(29)16-23)18-34-12-10-31-26(34)19-33(17-20-5-4-8-25(30)15-20)11-9-32-27(35)22-6-2-1-3-7-22/h1-8,10,12-16H,9,11,17-19H2,(H,32,35). The quantitative estimate of drug-likeness (QED) is 0.293. The van der Waals surface area contributed by atoms with Gasteiger partial charge in [-0.15, -0.1) is 0 Å². The van der Waals surface area contributed by atoms with Gasteiger partial charge in [0.2, 0.25) is 0 Å². The van der Waals surface area contributed by atoms with Gasteiger partial charge in [-0.3, -0.25) is 9.69 Å². The van der Waals surface area contributed by atoms with E-state index in [0.29, 0.717) is 48.3 Å². The third-order valence-corrected chi connectivity index (χ3v) is 5.92. The molecule has 4 rings (SSSR count). The Labute approximate surface area is 214 Å². The first-order chi connectivity index (χ1) is 17.0. The van der Waals surface area contributed by atoms with Gasteiger partial charge in [-0.2, -0.15) is 0 Å². The lowest BCUT2D eigenvalue weighted by atomic mass is 10.2. The zero-order valence-corrected chi connectivity index (χ0v) is 20.5. The number of halogens is 3. The molecular weight excluding hydrogens is 486 g/mol. The summed E-state index contributed by atoms with van der Waals surface area (Å²) in [4.78, 5) is 19.1. The fourth-order valence-corrected chi connectivity index (χ4v) is 4.43. The van der Waals surface area contributed by atoms with E-state index in [2.05, 4.69) is 15.2 Å². The van der Waals surface area contributed by atoms with Crippen molar-refractivity contribution in [3.05, 3.63) is 124 Å². The molecule has 0 unspecified atom stereocenters. The average Bonchev–Trinajstić information content (AvgIpc) is 3.25. The molecule has 0 radical (unpaired) electrons. The molecule has 8 heteroatoms. The summed E-state index contributed by atoms with van der Waals surface area (Å²) in [5, 5.41) is 4.12. The van der Waals surface area contributed by atoms with Crippen molar-refractivity contribution >= 4 is 29.1 Å². The second kappa shape index (κ2) is 12.0. The van der Waals surface area contributed by atoms with E-state index in [9.17, 15) is 9.18 Å². The lowest BCUT2D eigenvalue weighted by Crippen LogP contribution is -2.35. The second-order valence-corrected chi connectivity index (χ2v) is 9.08. The number of nitrogens with zero attached hydrogens (tertiary/aromatic N) is 3. The summed E-state index contributed by atoms with van der Waals surface area (Å²) in [5.74, 6) is 0.432. The Balaban J connectivity index is 1.46. The van der Waals surface area contributed by atoms with Gasteiger partial charge in [-0.25, -0.2) is 9.37 Å². The van der Waals surface area contributed by atoms with Crippen molar-refractivity contribution in [2.24, 2.45) is 0 Å². The van der Waals surface area contributed by atoms with Crippen LogP contribution in [-0.4, -0.2) is 33.4 Å². The number of rotatable bonds is 10. The molecule has 0 fully saturated rings. The summed E-state index contributed by atoms with van der Waals surface area (Å²) in [7, 11) is 0. The van der Waals surface area contributed by atoms with Crippen LogP contribution in [0.25, 0.3) is 0 Å². The molecule has 0 bridgehead atoms. The number of nitrogens with one attached hydrogen (secondary N) is 1. The molecule has 35 heavy (non-hydrogen) atoms. The van der Waals surface area contributed by atoms with Crippen LogP contribution in [0.2, 0.25) is 10.0 Å². The molecule has 0 saturated heterocycles. The van der Waals surface area contributed by atoms with E-state index in [0.717, 1.165) is 17.0 Å². The highest BCUT2D eigenvalue weighted by Crippen LogP contribution is 2.20. The second-order valence-electron chi connectivity index (χ2n) is 8.21. The molecule has 5 nitrogen and oxygen atoms in total. The van der Waals surface area contributed by atoms with Crippen LogP contribution in [0.3, 0.4) is 0 Å². The van der Waals surface area contributed by atoms with Crippen LogP contribution in [0, 0.1) is 5.82 Å². The normalized spacial score (nSPS) is 11.1. The Morgan fingerprint density at radius 2 is 1.71 bits per heavy atom. The smallest absolute Gasteiger partial charge is 0.251 e. The molecule has 0 spiro atoms. The molecule has 1 N–H and O–H groups in total. The van der Waals surface area contributed by atoms with Crippen LogP contribution in [0.5, 0.6) is 0 Å². The van der Waals surface area contributed by atoms with E-state index in [1.54, 1.807) is 30.5 Å². The monoisotopic (exact) mass is 510 g/mol. The van der Waals surface area contributed by atoms with Crippen LogP contribution >= 0.6 is 23.2 Å². The van der Waals surface area contributed by atoms with Gasteiger partial charge >= 0.3 is 0 Å². The third-order valence-electron chi connectivity index (χ3n) is 5.49. The van der Waals surface area contributed by atoms with E-state index < -0.39 is 0 Å². The van der Waals surface area contributed by atoms with Gasteiger partial charge in [0.1, 0.15) is 11.6 Å². The number of hydrogen-bond donors (Lipinski definition) is 1. The number of carbonyl (C=O) groups is 1. The summed E-state index contributed by atoms with van der Waals surface area (Å²) < 4.78 is 15.8. The molecule has 180 valence electrons. The number of benzene rings is 3. The fourth-order valence-electron chi connectivity index (χ4n) is 3.86. The Kier molecular flexibility index (Phi) is 8.53. The highest BCUT2D eigenvalue weighted by molar-refractivity contribution is 6.34. The summed E-state index contributed by atoms with van der Waals surface area (Å²) in [6.07, 6.45) is 3.65. The molecule has 3 aromatic carbocycles. The minimum atomic E-state index is -0.279. The van der Waals surface area contributed by atoms with E-state index in [4.69, 9.17) is 23.2 Å². The molecular formula is C27H25Cl2FN4O. The lowest BCUT2D eigenvalue weighted by molar-refractivity contribution is 0.0947. The van der Waals surface area contributed by atoms with Crippen molar-refractivity contribution < 1.29 is 9.18 Å². The van der Waals surface area contributed by atoms with Gasteiger partial charge in [-0.05, 0) is 53.6 Å². The predicted octanol–water partition coefficient (Wildman–Crippen LogP) is 5.81. The van der Waals surface area contributed by atoms with Crippen molar-refractivity contribution in [1.82, 2.24) is 19.8 Å². The van der Waals surface area contributed by atoms with E-state index in [-0.39, 0.29) is 11.7 Å². The first kappa shape index (κ1) is 24.9. The minimum Gasteiger partial charge on any atom is -0.351 e. The van der Waals surface area contributed by atoms with Crippen LogP contribution in [0.1, 0.15) is 27.3 Å². The topological polar surface area (TPSA) is 50.2 Å². The Bertz CT molecular complexity index is 1260. The maximum atomic E-state index is 13.8. The van der Waals surface area contributed by atoms with Crippen molar-refractivity contribution in [3.8, 4) is 0 Å². The fraction of sp³-hybridized carbons (Fsp3) is 0.185. The van der Waals surface area contributed by atoms with E-state index in [1.807, 2.05) is 47.2 Å². The Hall–Kier alpha value is -3.19. The van der Waals surface area contributed by atoms with Crippen LogP contribution < -0.4 is 5.32 Å². The van der Waals surface area contributed by atoms with Gasteiger partial charge in [0.05, 0.1) is 6.54 Å². The summed E-state index contributed by atoms with van der Waals surface area (Å²) in [6, 6.07) is 21.1. The van der Waals surface area contributed by atoms with Crippen molar-refractivity contribution in [2.45, 2.75) is 19.6 Å². The molecule has 1 heterocycles. The Morgan fingerprint density at radius 1 is 0.943 bits per heavy atom.